The Bertz CT molecular complexity index is 1810. The Morgan fingerprint density at radius 1 is 0.962 bits per heavy atom. The van der Waals surface area contributed by atoms with Crippen molar-refractivity contribution in [2.24, 2.45) is 17.8 Å². The first-order valence-corrected chi connectivity index (χ1v) is 21.4. The van der Waals surface area contributed by atoms with Crippen LogP contribution in [0.15, 0.2) is 89.5 Å². The average molecular weight is 734 g/mol. The number of hydrogen-bond donors (Lipinski definition) is 2. The van der Waals surface area contributed by atoms with Gasteiger partial charge in [0, 0.05) is 6.54 Å². The van der Waals surface area contributed by atoms with Gasteiger partial charge in [-0.05, 0) is 114 Å². The molecule has 280 valence electrons. The summed E-state index contributed by atoms with van der Waals surface area (Å²) in [6.07, 6.45) is 5.37. The topological polar surface area (TPSA) is 96.3 Å². The van der Waals surface area contributed by atoms with Crippen LogP contribution in [0.5, 0.6) is 5.75 Å². The number of fused-ring (bicyclic) bond motifs is 3. The number of aromatic hydroxyl groups is 1. The van der Waals surface area contributed by atoms with Gasteiger partial charge in [-0.1, -0.05) is 107 Å². The van der Waals surface area contributed by atoms with Crippen LogP contribution in [0.1, 0.15) is 83.4 Å². The van der Waals surface area contributed by atoms with Crippen molar-refractivity contribution in [2.45, 2.75) is 98.0 Å². The van der Waals surface area contributed by atoms with Crippen molar-refractivity contribution in [3.63, 3.8) is 0 Å². The zero-order chi connectivity index (χ0) is 38.1. The summed E-state index contributed by atoms with van der Waals surface area (Å²) in [5, 5.41) is 23.7. The number of aryl methyl sites for hydroxylation is 2. The molecule has 1 aliphatic carbocycles. The molecule has 2 fully saturated rings. The maximum Gasteiger partial charge on any atom is 0.455 e. The molecule has 3 aliphatic rings. The van der Waals surface area contributed by atoms with Crippen LogP contribution >= 0.6 is 0 Å². The highest BCUT2D eigenvalue weighted by Gasteiger charge is 2.58. The number of amides is 2. The number of carbonyl (C=O) groups excluding carboxylic acids is 2. The summed E-state index contributed by atoms with van der Waals surface area (Å²) in [5.74, 6) is -1.18. The molecule has 0 spiro atoms. The molecule has 0 bridgehead atoms. The Labute approximate surface area is 317 Å². The third-order valence-corrected chi connectivity index (χ3v) is 16.8. The van der Waals surface area contributed by atoms with Crippen molar-refractivity contribution < 1.29 is 28.8 Å². The highest BCUT2D eigenvalue weighted by atomic mass is 28.4. The van der Waals surface area contributed by atoms with Crippen LogP contribution in [0, 0.1) is 31.6 Å². The molecule has 2 heterocycles. The third-order valence-electron chi connectivity index (χ3n) is 11.8. The number of nitrogens with zero attached hydrogens (tertiary/aromatic N) is 1. The maximum atomic E-state index is 14.0. The van der Waals surface area contributed by atoms with Crippen molar-refractivity contribution in [1.82, 2.24) is 4.90 Å². The van der Waals surface area contributed by atoms with Gasteiger partial charge in [-0.15, -0.1) is 0 Å². The lowest BCUT2D eigenvalue weighted by atomic mass is 9.58. The van der Waals surface area contributed by atoms with Crippen molar-refractivity contribution in [3.05, 3.63) is 106 Å². The van der Waals surface area contributed by atoms with Crippen LogP contribution < -0.4 is 10.4 Å². The number of benzene rings is 3. The number of imide groups is 1. The number of carbonyl (C=O) groups is 2. The maximum absolute atomic E-state index is 14.0. The molecule has 0 radical (unpaired) electrons. The fourth-order valence-electron chi connectivity index (χ4n) is 9.34. The monoisotopic (exact) mass is 733 g/mol. The summed E-state index contributed by atoms with van der Waals surface area (Å²) >= 11 is 0. The number of likely N-dealkylation sites (tertiary alicyclic amines) is 1. The van der Waals surface area contributed by atoms with Crippen molar-refractivity contribution in [1.29, 1.82) is 0 Å². The molecule has 3 aromatic rings. The molecule has 2 saturated heterocycles. The van der Waals surface area contributed by atoms with Crippen molar-refractivity contribution in [3.8, 4) is 5.75 Å². The first kappa shape index (κ1) is 39.0. The molecular formula is C44H56BNO6Si. The Morgan fingerprint density at radius 2 is 1.57 bits per heavy atom. The largest absolute Gasteiger partial charge is 0.507 e. The third kappa shape index (κ3) is 7.50. The van der Waals surface area contributed by atoms with Gasteiger partial charge in [0.15, 0.2) is 0 Å². The van der Waals surface area contributed by atoms with E-state index in [0.717, 1.165) is 40.7 Å². The predicted octanol–water partition coefficient (Wildman–Crippen LogP) is 7.37. The van der Waals surface area contributed by atoms with Crippen LogP contribution in [-0.2, 0) is 18.7 Å². The van der Waals surface area contributed by atoms with Crippen LogP contribution in [0.25, 0.3) is 6.08 Å². The van der Waals surface area contributed by atoms with Gasteiger partial charge in [0.05, 0.1) is 24.5 Å². The molecule has 2 N–H and O–H groups in total. The second kappa shape index (κ2) is 15.9. The molecule has 6 rings (SSSR count). The molecule has 0 saturated carbocycles. The number of phenols is 1. The Kier molecular flexibility index (Phi) is 11.7. The van der Waals surface area contributed by atoms with E-state index in [1.165, 1.54) is 20.8 Å². The van der Waals surface area contributed by atoms with E-state index in [-0.39, 0.29) is 29.1 Å². The second-order valence-corrected chi connectivity index (χ2v) is 20.6. The number of hydrogen-bond acceptors (Lipinski definition) is 6. The Hall–Kier alpha value is -3.76. The van der Waals surface area contributed by atoms with E-state index in [9.17, 15) is 19.7 Å². The minimum absolute atomic E-state index is 0.0999. The second-order valence-electron chi connectivity index (χ2n) is 16.3. The van der Waals surface area contributed by atoms with Crippen LogP contribution in [0.3, 0.4) is 0 Å². The summed E-state index contributed by atoms with van der Waals surface area (Å²) in [4.78, 5) is 29.5. The lowest BCUT2D eigenvalue weighted by Gasteiger charge is -2.46. The first-order chi connectivity index (χ1) is 25.3. The summed E-state index contributed by atoms with van der Waals surface area (Å²) in [6, 6.07) is 25.1. The summed E-state index contributed by atoms with van der Waals surface area (Å²) in [7, 11) is -3.96. The zero-order valence-electron chi connectivity index (χ0n) is 32.5. The lowest BCUT2D eigenvalue weighted by Crippen LogP contribution is -2.66. The van der Waals surface area contributed by atoms with E-state index in [1.54, 1.807) is 0 Å². The van der Waals surface area contributed by atoms with E-state index in [4.69, 9.17) is 9.08 Å². The highest BCUT2D eigenvalue weighted by Crippen LogP contribution is 2.51. The minimum atomic E-state index is -2.93. The highest BCUT2D eigenvalue weighted by molar-refractivity contribution is 6.99. The fraction of sp³-hybridized carbons (Fsp3) is 0.455. The number of rotatable bonds is 12. The van der Waals surface area contributed by atoms with Crippen LogP contribution in [-0.4, -0.2) is 61.5 Å². The Balaban J connectivity index is 1.42. The molecule has 9 heteroatoms. The molecule has 2 amide bonds. The van der Waals surface area contributed by atoms with E-state index in [0.29, 0.717) is 38.2 Å². The number of allylic oxidation sites excluding steroid dienone is 1. The zero-order valence-corrected chi connectivity index (χ0v) is 33.5. The van der Waals surface area contributed by atoms with E-state index < -0.39 is 33.4 Å². The fourth-order valence-corrected chi connectivity index (χ4v) is 13.9. The SMILES string of the molecule is CCCN1C(=O)[C@@H]2[C@@H](CC(CO[Si](c3ccccc3)(c3ccccc3)C(C)(C)C)=C3[C@@H](CC/C(=C/c4cc(C)c(O)c(C)c4)CC)OB(O)C[C@@H]32)C1=O. The van der Waals surface area contributed by atoms with E-state index in [2.05, 4.69) is 82.3 Å². The van der Waals surface area contributed by atoms with Gasteiger partial charge in [-0.3, -0.25) is 14.5 Å². The quantitative estimate of drug-likeness (QED) is 0.115. The van der Waals surface area contributed by atoms with Gasteiger partial charge >= 0.3 is 7.12 Å². The van der Waals surface area contributed by atoms with Gasteiger partial charge < -0.3 is 19.2 Å². The predicted molar refractivity (Wildman–Crippen MR) is 215 cm³/mol. The molecule has 0 aromatic heterocycles. The van der Waals surface area contributed by atoms with Crippen LogP contribution in [0.2, 0.25) is 11.4 Å². The van der Waals surface area contributed by atoms with Gasteiger partial charge in [-0.2, -0.15) is 0 Å². The molecule has 7 nitrogen and oxygen atoms in total. The smallest absolute Gasteiger partial charge is 0.455 e. The molecule has 3 aromatic carbocycles. The standard InChI is InChI=1S/C44H56BNO6Si/c1-8-22-46-42(48)36-26-33(28-51-53(44(5,6)7,34-16-12-10-13-17-34)35-18-14-11-15-19-35)39-37(40(36)43(46)49)27-45(50)52-38(39)21-20-31(9-2)25-32-23-29(3)41(47)30(4)24-32/h10-19,23-25,36-38,40,47,50H,8-9,20-22,26-28H2,1-7H3/b31-25+/t36-,37+,38-,40-/m1/s1. The summed E-state index contributed by atoms with van der Waals surface area (Å²) in [6.45, 7) is 15.5. The number of phenolic OH excluding ortho intramolecular Hbond substituents is 1. The van der Waals surface area contributed by atoms with Crippen LogP contribution in [0.4, 0.5) is 0 Å². The van der Waals surface area contributed by atoms with Gasteiger partial charge in [0.25, 0.3) is 8.32 Å². The first-order valence-electron chi connectivity index (χ1n) is 19.5. The molecule has 0 unspecified atom stereocenters. The van der Waals surface area contributed by atoms with Crippen molar-refractivity contribution in [2.75, 3.05) is 13.2 Å². The van der Waals surface area contributed by atoms with E-state index >= 15 is 0 Å². The van der Waals surface area contributed by atoms with Crippen molar-refractivity contribution >= 4 is 43.7 Å². The molecule has 53 heavy (non-hydrogen) atoms. The summed E-state index contributed by atoms with van der Waals surface area (Å²) < 4.78 is 13.9. The normalized spacial score (nSPS) is 22.4. The van der Waals surface area contributed by atoms with Gasteiger partial charge in [0.2, 0.25) is 11.8 Å². The summed E-state index contributed by atoms with van der Waals surface area (Å²) in [5.41, 5.74) is 6.04. The molecular weight excluding hydrogens is 677 g/mol. The van der Waals surface area contributed by atoms with Gasteiger partial charge in [0.1, 0.15) is 5.75 Å². The van der Waals surface area contributed by atoms with Gasteiger partial charge in [-0.25, -0.2) is 0 Å². The Morgan fingerprint density at radius 3 is 2.11 bits per heavy atom. The van der Waals surface area contributed by atoms with E-state index in [1.807, 2.05) is 45.0 Å². The lowest BCUT2D eigenvalue weighted by molar-refractivity contribution is -0.140. The molecule has 2 aliphatic heterocycles. The molecule has 4 atom stereocenters. The average Bonchev–Trinajstić information content (AvgIpc) is 3.37. The minimum Gasteiger partial charge on any atom is -0.507 e.